The Balaban J connectivity index is 0.000000218. The second-order valence-corrected chi connectivity index (χ2v) is 41.7. The minimum absolute atomic E-state index is 0. The minimum atomic E-state index is -2.20. The molecular weight excluding hydrogens is 709 g/mol. The van der Waals surface area contributed by atoms with Crippen LogP contribution in [0.5, 0.6) is 0 Å². The van der Waals surface area contributed by atoms with Gasteiger partial charge in [0, 0.05) is 11.8 Å². The average Bonchev–Trinajstić information content (AvgIpc) is 3.65. The Morgan fingerprint density at radius 2 is 1.16 bits per heavy atom. The third kappa shape index (κ3) is 8.90. The van der Waals surface area contributed by atoms with E-state index >= 15 is 0 Å². The molecule has 0 saturated carbocycles. The predicted octanol–water partition coefficient (Wildman–Crippen LogP) is 5.08. The summed E-state index contributed by atoms with van der Waals surface area (Å²) < 4.78 is 13.0. The number of rotatable bonds is 3. The second kappa shape index (κ2) is 14.6. The van der Waals surface area contributed by atoms with Gasteiger partial charge in [-0.05, 0) is 22.3 Å². The third-order valence-electron chi connectivity index (χ3n) is 7.13. The molecule has 4 aliphatic carbocycles. The molecule has 2 atom stereocenters. The molecule has 2 aromatic rings. The van der Waals surface area contributed by atoms with Crippen molar-refractivity contribution < 1.29 is 63.0 Å². The Bertz CT molecular complexity index is 1220. The van der Waals surface area contributed by atoms with E-state index < -0.39 is 38.1 Å². The van der Waals surface area contributed by atoms with E-state index in [4.69, 9.17) is 17.0 Å². The summed E-state index contributed by atoms with van der Waals surface area (Å²) in [6, 6.07) is 17.4. The predicted molar refractivity (Wildman–Crippen MR) is 155 cm³/mol. The number of hydrogen-bond acceptors (Lipinski definition) is 0. The Hall–Kier alpha value is -0.194. The van der Waals surface area contributed by atoms with Gasteiger partial charge in [0.05, 0.1) is 0 Å². The molecule has 0 heterocycles. The van der Waals surface area contributed by atoms with E-state index in [9.17, 15) is 0 Å². The second-order valence-electron chi connectivity index (χ2n) is 11.9. The van der Waals surface area contributed by atoms with Crippen LogP contribution in [0.1, 0.15) is 46.9 Å². The Morgan fingerprint density at radius 3 is 1.50 bits per heavy atom. The Labute approximate surface area is 258 Å². The first-order valence-corrected chi connectivity index (χ1v) is 31.4. The standard InChI is InChI=1S/C18H14.2C5H5.4CH3.4ClH.2Zr/c1-3-7-15-13(5-1)9-11-17(15)18-12-10-14-6-2-4-8-16(14)18;2*1-2-4-5-3-1;;;;;;;;;;/h1-12,17-18H;2*1-3H,4H2;4*1H3;4*1H;;/q;;;;;;;;;;;2*+2/p-4. The number of hydrogen-bond donors (Lipinski definition) is 0. The average molecular weight is 745 g/mol. The molecule has 0 fully saturated rings. The molecular formula is C32H36Cl4Zr2. The molecule has 0 aliphatic heterocycles. The van der Waals surface area contributed by atoms with Crippen molar-refractivity contribution in [3.63, 3.8) is 0 Å². The SMILES string of the molecule is C1=CC(C2C=Cc3ccccc32)c2ccccc21.[CH3][Zr+2]([CH3])([CH3])([CH3])[C]1=CC=CC1.[Cl-].[Cl-].[Cl][Zr]([Cl])[C]1=CC=CC1. The summed E-state index contributed by atoms with van der Waals surface area (Å²) in [5.41, 5.74) is 5.67. The topological polar surface area (TPSA) is 0 Å². The van der Waals surface area contributed by atoms with Gasteiger partial charge in [0.2, 0.25) is 0 Å². The fourth-order valence-corrected chi connectivity index (χ4v) is 12.0. The van der Waals surface area contributed by atoms with Crippen molar-refractivity contribution in [2.75, 3.05) is 0 Å². The molecule has 2 unspecified atom stereocenters. The van der Waals surface area contributed by atoms with Crippen LogP contribution in [0.15, 0.2) is 104 Å². The molecule has 0 radical (unpaired) electrons. The van der Waals surface area contributed by atoms with Crippen molar-refractivity contribution in [2.24, 2.45) is 0 Å². The molecule has 2 aromatic carbocycles. The van der Waals surface area contributed by atoms with Crippen molar-refractivity contribution in [1.82, 2.24) is 0 Å². The molecule has 0 N–H and O–H groups in total. The van der Waals surface area contributed by atoms with Crippen LogP contribution in [0.2, 0.25) is 18.5 Å². The number of halogens is 4. The van der Waals surface area contributed by atoms with Crippen LogP contribution in [0.3, 0.4) is 0 Å². The molecule has 4 aliphatic rings. The normalized spacial score (nSPS) is 19.6. The van der Waals surface area contributed by atoms with Crippen molar-refractivity contribution in [1.29, 1.82) is 0 Å². The van der Waals surface area contributed by atoms with Crippen LogP contribution in [0.25, 0.3) is 12.2 Å². The van der Waals surface area contributed by atoms with Crippen LogP contribution in [-0.4, -0.2) is 0 Å². The summed E-state index contributed by atoms with van der Waals surface area (Å²) in [4.78, 5) is 0. The van der Waals surface area contributed by atoms with Crippen LogP contribution in [0, 0.1) is 0 Å². The van der Waals surface area contributed by atoms with Crippen molar-refractivity contribution in [3.8, 4) is 0 Å². The van der Waals surface area contributed by atoms with E-state index in [1.54, 1.807) is 3.28 Å². The van der Waals surface area contributed by atoms with Gasteiger partial charge >= 0.3 is 130 Å². The van der Waals surface area contributed by atoms with Crippen LogP contribution < -0.4 is 24.8 Å². The molecule has 0 bridgehead atoms. The van der Waals surface area contributed by atoms with Gasteiger partial charge in [-0.3, -0.25) is 0 Å². The van der Waals surface area contributed by atoms with Gasteiger partial charge in [0.25, 0.3) is 0 Å². The fourth-order valence-electron chi connectivity index (χ4n) is 4.96. The first-order chi connectivity index (χ1) is 17.1. The van der Waals surface area contributed by atoms with Gasteiger partial charge in [-0.2, -0.15) is 0 Å². The molecule has 0 spiro atoms. The summed E-state index contributed by atoms with van der Waals surface area (Å²) in [5, 5.41) is 0. The molecule has 0 saturated heterocycles. The summed E-state index contributed by atoms with van der Waals surface area (Å²) >= 11 is -4.17. The molecule has 6 rings (SSSR count). The monoisotopic (exact) mass is 740 g/mol. The van der Waals surface area contributed by atoms with E-state index in [0.29, 0.717) is 11.8 Å². The van der Waals surface area contributed by atoms with Crippen LogP contribution >= 0.6 is 17.0 Å². The number of benzene rings is 2. The zero-order chi connectivity index (χ0) is 25.8. The van der Waals surface area contributed by atoms with E-state index in [2.05, 4.69) is 116 Å². The van der Waals surface area contributed by atoms with Crippen LogP contribution in [-0.2, 0) is 38.1 Å². The van der Waals surface area contributed by atoms with E-state index in [1.807, 2.05) is 12.2 Å². The maximum absolute atomic E-state index is 5.74. The van der Waals surface area contributed by atoms with Gasteiger partial charge in [-0.1, -0.05) is 72.8 Å². The van der Waals surface area contributed by atoms with E-state index in [0.717, 1.165) is 6.42 Å². The van der Waals surface area contributed by atoms with Crippen molar-refractivity contribution >= 4 is 29.2 Å². The van der Waals surface area contributed by atoms with Gasteiger partial charge in [0.1, 0.15) is 0 Å². The maximum atomic E-state index is 5.74. The first kappa shape index (κ1) is 34.0. The van der Waals surface area contributed by atoms with Crippen molar-refractivity contribution in [2.45, 2.75) is 43.2 Å². The first-order valence-electron chi connectivity index (χ1n) is 12.8. The van der Waals surface area contributed by atoms with Crippen molar-refractivity contribution in [3.05, 3.63) is 126 Å². The fraction of sp³-hybridized carbons (Fsp3) is 0.250. The third-order valence-corrected chi connectivity index (χ3v) is 19.3. The zero-order valence-electron chi connectivity index (χ0n) is 22.5. The quantitative estimate of drug-likeness (QED) is 0.412. The van der Waals surface area contributed by atoms with E-state index in [1.165, 1.54) is 32.0 Å². The molecule has 0 aromatic heterocycles. The Kier molecular flexibility index (Phi) is 13.1. The summed E-state index contributed by atoms with van der Waals surface area (Å²) in [7, 11) is 11.5. The summed E-state index contributed by atoms with van der Waals surface area (Å²) in [6.45, 7) is 0. The molecule has 38 heavy (non-hydrogen) atoms. The zero-order valence-corrected chi connectivity index (χ0v) is 30.4. The van der Waals surface area contributed by atoms with Gasteiger partial charge in [-0.15, -0.1) is 0 Å². The van der Waals surface area contributed by atoms with E-state index in [-0.39, 0.29) is 24.8 Å². The number of fused-ring (bicyclic) bond motifs is 2. The van der Waals surface area contributed by atoms with Gasteiger partial charge < -0.3 is 24.8 Å². The van der Waals surface area contributed by atoms with Crippen LogP contribution in [0.4, 0.5) is 0 Å². The van der Waals surface area contributed by atoms with Gasteiger partial charge in [0.15, 0.2) is 0 Å². The Morgan fingerprint density at radius 1 is 0.684 bits per heavy atom. The molecule has 6 heteroatoms. The molecule has 200 valence electrons. The number of allylic oxidation sites excluding steroid dienone is 10. The summed E-state index contributed by atoms with van der Waals surface area (Å²) in [5.74, 6) is 1.00. The molecule has 0 nitrogen and oxygen atoms in total. The van der Waals surface area contributed by atoms with Gasteiger partial charge in [-0.25, -0.2) is 0 Å². The summed E-state index contributed by atoms with van der Waals surface area (Å²) in [6.07, 6.45) is 24.4. The molecule has 0 amide bonds.